The van der Waals surface area contributed by atoms with E-state index in [-0.39, 0.29) is 12.5 Å². The number of hydrogen-bond acceptors (Lipinski definition) is 4. The molecule has 2 aliphatic heterocycles. The third-order valence-electron chi connectivity index (χ3n) is 5.96. The van der Waals surface area contributed by atoms with Crippen molar-refractivity contribution in [3.05, 3.63) is 29.8 Å². The van der Waals surface area contributed by atoms with Gasteiger partial charge in [-0.05, 0) is 76.4 Å². The molecule has 1 N–H and O–H groups in total. The van der Waals surface area contributed by atoms with E-state index in [1.165, 1.54) is 18.5 Å². The predicted molar refractivity (Wildman–Crippen MR) is 106 cm³/mol. The first-order chi connectivity index (χ1) is 12.6. The zero-order chi connectivity index (χ0) is 18.5. The molecular weight excluding hydrogens is 326 g/mol. The number of aliphatic hydroxyl groups is 1. The highest BCUT2D eigenvalue weighted by Gasteiger charge is 2.32. The highest BCUT2D eigenvalue weighted by molar-refractivity contribution is 5.94. The summed E-state index contributed by atoms with van der Waals surface area (Å²) in [6, 6.07) is 8.64. The van der Waals surface area contributed by atoms with Crippen LogP contribution >= 0.6 is 0 Å². The summed E-state index contributed by atoms with van der Waals surface area (Å²) in [6.45, 7) is 4.07. The van der Waals surface area contributed by atoms with Crippen LogP contribution in [0.2, 0.25) is 0 Å². The van der Waals surface area contributed by atoms with Crippen LogP contribution in [0.1, 0.15) is 42.5 Å². The maximum Gasteiger partial charge on any atom is 0.253 e. The van der Waals surface area contributed by atoms with E-state index < -0.39 is 0 Å². The molecule has 26 heavy (non-hydrogen) atoms. The van der Waals surface area contributed by atoms with Gasteiger partial charge in [0.25, 0.3) is 5.91 Å². The Balaban J connectivity index is 1.65. The van der Waals surface area contributed by atoms with Crippen molar-refractivity contribution in [2.24, 2.45) is 5.92 Å². The first kappa shape index (κ1) is 19.2. The van der Waals surface area contributed by atoms with Gasteiger partial charge in [-0.2, -0.15) is 0 Å². The van der Waals surface area contributed by atoms with Crippen molar-refractivity contribution in [2.75, 3.05) is 51.8 Å². The molecule has 3 rings (SSSR count). The van der Waals surface area contributed by atoms with E-state index in [1.807, 2.05) is 17.0 Å². The lowest BCUT2D eigenvalue weighted by atomic mass is 9.87. The lowest BCUT2D eigenvalue weighted by molar-refractivity contribution is 0.0495. The molecule has 0 aromatic heterocycles. The Bertz CT molecular complexity index is 581. The van der Waals surface area contributed by atoms with Crippen LogP contribution in [0.5, 0.6) is 0 Å². The van der Waals surface area contributed by atoms with Crippen molar-refractivity contribution in [1.29, 1.82) is 0 Å². The number of carbonyl (C=O) groups excluding carboxylic acids is 1. The van der Waals surface area contributed by atoms with Crippen LogP contribution in [0.4, 0.5) is 5.69 Å². The number of likely N-dealkylation sites (tertiary alicyclic amines) is 1. The minimum Gasteiger partial charge on any atom is -0.396 e. The Morgan fingerprint density at radius 2 is 1.85 bits per heavy atom. The number of nitrogens with zero attached hydrogens (tertiary/aromatic N) is 3. The molecule has 0 bridgehead atoms. The van der Waals surface area contributed by atoms with Crippen LogP contribution in [0.15, 0.2) is 24.3 Å². The molecule has 144 valence electrons. The van der Waals surface area contributed by atoms with Gasteiger partial charge >= 0.3 is 0 Å². The molecular formula is C21H33N3O2. The highest BCUT2D eigenvalue weighted by Crippen LogP contribution is 2.27. The van der Waals surface area contributed by atoms with Crippen molar-refractivity contribution < 1.29 is 9.90 Å². The number of aliphatic hydroxyl groups excluding tert-OH is 1. The monoisotopic (exact) mass is 359 g/mol. The summed E-state index contributed by atoms with van der Waals surface area (Å²) in [6.07, 6.45) is 5.30. The van der Waals surface area contributed by atoms with Gasteiger partial charge < -0.3 is 19.8 Å². The predicted octanol–water partition coefficient (Wildman–Crippen LogP) is 2.45. The van der Waals surface area contributed by atoms with Crippen LogP contribution in [0, 0.1) is 5.92 Å². The third kappa shape index (κ3) is 4.38. The fraction of sp³-hybridized carbons (Fsp3) is 0.667. The van der Waals surface area contributed by atoms with Gasteiger partial charge in [0.2, 0.25) is 0 Å². The van der Waals surface area contributed by atoms with E-state index in [0.717, 1.165) is 51.0 Å². The molecule has 0 aliphatic carbocycles. The van der Waals surface area contributed by atoms with Crippen LogP contribution in [0.3, 0.4) is 0 Å². The van der Waals surface area contributed by atoms with E-state index >= 15 is 0 Å². The lowest BCUT2D eigenvalue weighted by Crippen LogP contribution is -2.50. The van der Waals surface area contributed by atoms with Crippen molar-refractivity contribution >= 4 is 11.6 Å². The molecule has 5 nitrogen and oxygen atoms in total. The molecule has 0 saturated carbocycles. The maximum absolute atomic E-state index is 13.0. The molecule has 1 aromatic rings. The zero-order valence-corrected chi connectivity index (χ0v) is 16.2. The summed E-state index contributed by atoms with van der Waals surface area (Å²) in [5.74, 6) is 0.572. The molecule has 0 spiro atoms. The molecule has 2 atom stereocenters. The van der Waals surface area contributed by atoms with Gasteiger partial charge in [-0.1, -0.05) is 0 Å². The third-order valence-corrected chi connectivity index (χ3v) is 5.96. The molecule has 1 amide bonds. The van der Waals surface area contributed by atoms with E-state index in [1.54, 1.807) is 0 Å². The average molecular weight is 360 g/mol. The fourth-order valence-corrected chi connectivity index (χ4v) is 4.49. The van der Waals surface area contributed by atoms with E-state index in [9.17, 15) is 9.90 Å². The number of rotatable bonds is 6. The number of piperidine rings is 1. The van der Waals surface area contributed by atoms with Crippen molar-refractivity contribution in [3.8, 4) is 0 Å². The van der Waals surface area contributed by atoms with Gasteiger partial charge in [-0.25, -0.2) is 0 Å². The summed E-state index contributed by atoms with van der Waals surface area (Å²) >= 11 is 0. The van der Waals surface area contributed by atoms with Crippen molar-refractivity contribution in [1.82, 2.24) is 9.80 Å². The summed E-state index contributed by atoms with van der Waals surface area (Å²) in [7, 11) is 4.23. The highest BCUT2D eigenvalue weighted by atomic mass is 16.3. The number of hydrogen-bond donors (Lipinski definition) is 1. The SMILES string of the molecule is CN(C)[C@H]1CCN(C(=O)c2ccc(N3CCCC3)cc2)C[C@H]1CCCO. The fourth-order valence-electron chi connectivity index (χ4n) is 4.49. The Kier molecular flexibility index (Phi) is 6.54. The Morgan fingerprint density at radius 3 is 2.46 bits per heavy atom. The van der Waals surface area contributed by atoms with E-state index in [2.05, 4.69) is 36.0 Å². The summed E-state index contributed by atoms with van der Waals surface area (Å²) < 4.78 is 0. The number of carbonyl (C=O) groups is 1. The van der Waals surface area contributed by atoms with E-state index in [4.69, 9.17) is 0 Å². The molecule has 5 heteroatoms. The number of amides is 1. The van der Waals surface area contributed by atoms with Crippen LogP contribution in [-0.4, -0.2) is 73.7 Å². The summed E-state index contributed by atoms with van der Waals surface area (Å²) in [5, 5.41) is 9.19. The molecule has 2 heterocycles. The molecule has 2 saturated heterocycles. The Hall–Kier alpha value is -1.59. The molecule has 1 aromatic carbocycles. The summed E-state index contributed by atoms with van der Waals surface area (Å²) in [5.41, 5.74) is 2.02. The largest absolute Gasteiger partial charge is 0.396 e. The number of benzene rings is 1. The number of anilines is 1. The van der Waals surface area contributed by atoms with Crippen molar-refractivity contribution in [2.45, 2.75) is 38.1 Å². The Morgan fingerprint density at radius 1 is 1.15 bits per heavy atom. The van der Waals surface area contributed by atoms with E-state index in [0.29, 0.717) is 12.0 Å². The lowest BCUT2D eigenvalue weighted by Gasteiger charge is -2.41. The zero-order valence-electron chi connectivity index (χ0n) is 16.2. The van der Waals surface area contributed by atoms with Gasteiger partial charge in [0, 0.05) is 50.1 Å². The smallest absolute Gasteiger partial charge is 0.253 e. The van der Waals surface area contributed by atoms with Gasteiger partial charge in [0.15, 0.2) is 0 Å². The van der Waals surface area contributed by atoms with Gasteiger partial charge in [0.1, 0.15) is 0 Å². The minimum absolute atomic E-state index is 0.143. The van der Waals surface area contributed by atoms with Crippen LogP contribution in [0.25, 0.3) is 0 Å². The van der Waals surface area contributed by atoms with Gasteiger partial charge in [0.05, 0.1) is 0 Å². The van der Waals surface area contributed by atoms with Crippen LogP contribution in [-0.2, 0) is 0 Å². The molecule has 2 aliphatic rings. The molecule has 0 radical (unpaired) electrons. The standard InChI is InChI=1S/C21H33N3O2/c1-22(2)20-11-14-24(16-18(20)6-5-15-25)21(26)17-7-9-19(10-8-17)23-12-3-4-13-23/h7-10,18,20,25H,3-6,11-16H2,1-2H3/t18-,20+/m1/s1. The quantitative estimate of drug-likeness (QED) is 0.848. The second-order valence-electron chi connectivity index (χ2n) is 7.94. The first-order valence-electron chi connectivity index (χ1n) is 10.0. The Labute approximate surface area is 157 Å². The second kappa shape index (κ2) is 8.87. The normalized spacial score (nSPS) is 23.7. The minimum atomic E-state index is 0.143. The maximum atomic E-state index is 13.0. The topological polar surface area (TPSA) is 47.0 Å². The summed E-state index contributed by atoms with van der Waals surface area (Å²) in [4.78, 5) is 19.6. The second-order valence-corrected chi connectivity index (χ2v) is 7.94. The molecule has 2 fully saturated rings. The van der Waals surface area contributed by atoms with Gasteiger partial charge in [-0.3, -0.25) is 4.79 Å². The van der Waals surface area contributed by atoms with Crippen LogP contribution < -0.4 is 4.90 Å². The van der Waals surface area contributed by atoms with Gasteiger partial charge in [-0.15, -0.1) is 0 Å². The molecule has 0 unspecified atom stereocenters. The van der Waals surface area contributed by atoms with Crippen molar-refractivity contribution in [3.63, 3.8) is 0 Å². The first-order valence-corrected chi connectivity index (χ1v) is 10.0. The average Bonchev–Trinajstić information content (AvgIpc) is 3.20.